The first-order valence-electron chi connectivity index (χ1n) is 8.00. The van der Waals surface area contributed by atoms with Crippen molar-refractivity contribution in [1.29, 1.82) is 0 Å². The van der Waals surface area contributed by atoms with E-state index in [9.17, 15) is 8.42 Å². The van der Waals surface area contributed by atoms with Crippen molar-refractivity contribution >= 4 is 55.0 Å². The standard InChI is InChI=1S/C18H14BrCl2N3O3S/c19-15-10-22-17(18(23-15)27-11-12-6-3-1-2-4-7-12)24-28(25,26)14-9-5-8-13(20)16(14)21/h1-6,8-10H,7,11H2,(H,22,24). The van der Waals surface area contributed by atoms with Crippen LogP contribution in [0.4, 0.5) is 5.82 Å². The highest BCUT2D eigenvalue weighted by Gasteiger charge is 2.23. The lowest BCUT2D eigenvalue weighted by Crippen LogP contribution is -2.16. The Morgan fingerprint density at radius 3 is 2.86 bits per heavy atom. The number of hydrogen-bond donors (Lipinski definition) is 1. The van der Waals surface area contributed by atoms with Crippen molar-refractivity contribution in [2.24, 2.45) is 0 Å². The number of rotatable bonds is 6. The average molecular weight is 503 g/mol. The molecule has 1 aliphatic carbocycles. The first kappa shape index (κ1) is 20.9. The number of anilines is 1. The van der Waals surface area contributed by atoms with Crippen molar-refractivity contribution in [2.75, 3.05) is 11.3 Å². The molecule has 0 atom stereocenters. The van der Waals surface area contributed by atoms with E-state index in [2.05, 4.69) is 30.6 Å². The van der Waals surface area contributed by atoms with Crippen molar-refractivity contribution in [3.8, 4) is 5.88 Å². The number of aromatic nitrogens is 2. The van der Waals surface area contributed by atoms with Crippen LogP contribution in [0.2, 0.25) is 10.0 Å². The third-order valence-electron chi connectivity index (χ3n) is 3.61. The molecule has 10 heteroatoms. The van der Waals surface area contributed by atoms with Gasteiger partial charge in [-0.2, -0.15) is 0 Å². The molecule has 1 aromatic carbocycles. The fraction of sp³-hybridized carbons (Fsp3) is 0.111. The summed E-state index contributed by atoms with van der Waals surface area (Å²) in [6, 6.07) is 4.34. The fourth-order valence-corrected chi connectivity index (χ4v) is 4.32. The van der Waals surface area contributed by atoms with Crippen LogP contribution in [-0.2, 0) is 10.0 Å². The summed E-state index contributed by atoms with van der Waals surface area (Å²) in [4.78, 5) is 8.09. The van der Waals surface area contributed by atoms with E-state index >= 15 is 0 Å². The number of halogens is 3. The molecule has 0 spiro atoms. The molecule has 146 valence electrons. The minimum Gasteiger partial charge on any atom is -0.470 e. The normalized spacial score (nSPS) is 13.8. The molecule has 0 saturated heterocycles. The van der Waals surface area contributed by atoms with Crippen LogP contribution in [0.5, 0.6) is 5.88 Å². The molecule has 1 heterocycles. The van der Waals surface area contributed by atoms with Gasteiger partial charge in [-0.15, -0.1) is 0 Å². The Kier molecular flexibility index (Phi) is 6.77. The van der Waals surface area contributed by atoms with Crippen molar-refractivity contribution in [1.82, 2.24) is 9.97 Å². The zero-order valence-corrected chi connectivity index (χ0v) is 18.2. The van der Waals surface area contributed by atoms with Gasteiger partial charge in [-0.05, 0) is 40.1 Å². The van der Waals surface area contributed by atoms with E-state index in [1.165, 1.54) is 24.4 Å². The zero-order chi connectivity index (χ0) is 20.1. The van der Waals surface area contributed by atoms with Gasteiger partial charge in [0.2, 0.25) is 5.82 Å². The Bertz CT molecular complexity index is 1090. The molecule has 1 aromatic heterocycles. The summed E-state index contributed by atoms with van der Waals surface area (Å²) in [5.41, 5.74) is 0.999. The average Bonchev–Trinajstić information content (AvgIpc) is 2.92. The Morgan fingerprint density at radius 1 is 1.21 bits per heavy atom. The number of hydrogen-bond acceptors (Lipinski definition) is 5. The summed E-state index contributed by atoms with van der Waals surface area (Å²) in [5, 5.41) is 0.0516. The first-order valence-corrected chi connectivity index (χ1v) is 11.0. The van der Waals surface area contributed by atoms with Gasteiger partial charge in [0.05, 0.1) is 16.2 Å². The van der Waals surface area contributed by atoms with Crippen LogP contribution in [-0.4, -0.2) is 25.0 Å². The van der Waals surface area contributed by atoms with Gasteiger partial charge in [0.15, 0.2) is 0 Å². The predicted octanol–water partition coefficient (Wildman–Crippen LogP) is 5.17. The Balaban J connectivity index is 1.86. The molecular weight excluding hydrogens is 489 g/mol. The second kappa shape index (κ2) is 9.09. The second-order valence-corrected chi connectivity index (χ2v) is 8.88. The molecule has 28 heavy (non-hydrogen) atoms. The maximum absolute atomic E-state index is 12.7. The molecule has 0 amide bonds. The molecule has 0 fully saturated rings. The van der Waals surface area contributed by atoms with Gasteiger partial charge in [-0.3, -0.25) is 4.72 Å². The second-order valence-electron chi connectivity index (χ2n) is 5.63. The van der Waals surface area contributed by atoms with Crippen LogP contribution in [0.1, 0.15) is 6.42 Å². The van der Waals surface area contributed by atoms with Crippen LogP contribution < -0.4 is 9.46 Å². The van der Waals surface area contributed by atoms with Crippen LogP contribution in [0, 0.1) is 0 Å². The fourth-order valence-electron chi connectivity index (χ4n) is 2.29. The van der Waals surface area contributed by atoms with E-state index < -0.39 is 10.0 Å². The molecule has 0 radical (unpaired) electrons. The van der Waals surface area contributed by atoms with Crippen LogP contribution in [0.25, 0.3) is 0 Å². The summed E-state index contributed by atoms with van der Waals surface area (Å²) in [7, 11) is -4.05. The SMILES string of the molecule is O=S(=O)(Nc1ncc(Br)nc1OCC1=CC=CC=CC1)c1cccc(Cl)c1Cl. The molecule has 0 bridgehead atoms. The third-order valence-corrected chi connectivity index (χ3v) is 6.31. The van der Waals surface area contributed by atoms with Gasteiger partial charge in [0, 0.05) is 0 Å². The van der Waals surface area contributed by atoms with E-state index in [-0.39, 0.29) is 33.2 Å². The van der Waals surface area contributed by atoms with Gasteiger partial charge < -0.3 is 4.74 Å². The molecule has 1 N–H and O–H groups in total. The highest BCUT2D eigenvalue weighted by molar-refractivity contribution is 9.10. The van der Waals surface area contributed by atoms with Crippen molar-refractivity contribution in [3.05, 3.63) is 75.0 Å². The maximum Gasteiger partial charge on any atom is 0.264 e. The molecule has 1 aliphatic rings. The molecule has 3 rings (SSSR count). The lowest BCUT2D eigenvalue weighted by Gasteiger charge is -2.13. The lowest BCUT2D eigenvalue weighted by molar-refractivity contribution is 0.336. The van der Waals surface area contributed by atoms with E-state index in [1.807, 2.05) is 30.4 Å². The monoisotopic (exact) mass is 501 g/mol. The number of sulfonamides is 1. The van der Waals surface area contributed by atoms with E-state index in [0.29, 0.717) is 11.0 Å². The number of ether oxygens (including phenoxy) is 1. The Hall–Kier alpha value is -1.87. The summed E-state index contributed by atoms with van der Waals surface area (Å²) >= 11 is 15.2. The largest absolute Gasteiger partial charge is 0.470 e. The quantitative estimate of drug-likeness (QED) is 0.589. The molecule has 2 aromatic rings. The molecule has 6 nitrogen and oxygen atoms in total. The van der Waals surface area contributed by atoms with Crippen molar-refractivity contribution in [2.45, 2.75) is 11.3 Å². The minimum absolute atomic E-state index is 0.0363. The maximum atomic E-state index is 12.7. The van der Waals surface area contributed by atoms with Gasteiger partial charge in [0.1, 0.15) is 16.1 Å². The lowest BCUT2D eigenvalue weighted by atomic mass is 10.2. The van der Waals surface area contributed by atoms with Gasteiger partial charge in [-0.1, -0.05) is 59.6 Å². The number of allylic oxidation sites excluding steroid dienone is 5. The third kappa shape index (κ3) is 5.14. The molecule has 0 aliphatic heterocycles. The smallest absolute Gasteiger partial charge is 0.264 e. The molecular formula is C18H14BrCl2N3O3S. The number of nitrogens with one attached hydrogen (secondary N) is 1. The highest BCUT2D eigenvalue weighted by Crippen LogP contribution is 2.31. The zero-order valence-electron chi connectivity index (χ0n) is 14.3. The first-order chi connectivity index (χ1) is 13.4. The van der Waals surface area contributed by atoms with Crippen LogP contribution in [0.15, 0.2) is 69.8 Å². The topological polar surface area (TPSA) is 81.2 Å². The van der Waals surface area contributed by atoms with Gasteiger partial charge in [0.25, 0.3) is 15.9 Å². The summed E-state index contributed by atoms with van der Waals surface area (Å²) < 4.78 is 34.0. The Labute approximate surface area is 181 Å². The van der Waals surface area contributed by atoms with E-state index in [1.54, 1.807) is 0 Å². The Morgan fingerprint density at radius 2 is 2.04 bits per heavy atom. The number of nitrogens with zero attached hydrogens (tertiary/aromatic N) is 2. The van der Waals surface area contributed by atoms with Gasteiger partial charge in [-0.25, -0.2) is 18.4 Å². The van der Waals surface area contributed by atoms with Crippen LogP contribution >= 0.6 is 39.1 Å². The van der Waals surface area contributed by atoms with E-state index in [4.69, 9.17) is 27.9 Å². The molecule has 0 unspecified atom stereocenters. The molecule has 0 saturated carbocycles. The van der Waals surface area contributed by atoms with E-state index in [0.717, 1.165) is 5.57 Å². The van der Waals surface area contributed by atoms with Gasteiger partial charge >= 0.3 is 0 Å². The highest BCUT2D eigenvalue weighted by atomic mass is 79.9. The summed E-state index contributed by atoms with van der Waals surface area (Å²) in [5.74, 6) is -0.0197. The van der Waals surface area contributed by atoms with Crippen molar-refractivity contribution in [3.63, 3.8) is 0 Å². The van der Waals surface area contributed by atoms with Crippen LogP contribution in [0.3, 0.4) is 0 Å². The predicted molar refractivity (Wildman–Crippen MR) is 113 cm³/mol. The number of benzene rings is 1. The summed E-state index contributed by atoms with van der Waals surface area (Å²) in [6.07, 6.45) is 11.8. The summed E-state index contributed by atoms with van der Waals surface area (Å²) in [6.45, 7) is 0.229. The minimum atomic E-state index is -4.05. The van der Waals surface area contributed by atoms with Crippen molar-refractivity contribution < 1.29 is 13.2 Å².